The molecule has 116 valence electrons. The van der Waals surface area contributed by atoms with Crippen molar-refractivity contribution in [1.82, 2.24) is 10.5 Å². The molecule has 1 aromatic heterocycles. The van der Waals surface area contributed by atoms with Crippen molar-refractivity contribution >= 4 is 16.8 Å². The normalized spacial score (nSPS) is 13.3. The number of para-hydroxylation sites is 1. The van der Waals surface area contributed by atoms with E-state index in [2.05, 4.69) is 4.98 Å². The monoisotopic (exact) mass is 308 g/mol. The minimum atomic E-state index is -1.39. The van der Waals surface area contributed by atoms with Crippen molar-refractivity contribution in [3.05, 3.63) is 72.4 Å². The number of fused-ring (bicyclic) bond motifs is 1. The van der Waals surface area contributed by atoms with Gasteiger partial charge in [0.2, 0.25) is 5.60 Å². The number of nitrogens with zero attached hydrogens (tertiary/aromatic N) is 1. The molecule has 0 saturated carbocycles. The second kappa shape index (κ2) is 6.06. The summed E-state index contributed by atoms with van der Waals surface area (Å²) in [6, 6.07) is 18.2. The average molecular weight is 308 g/mol. The van der Waals surface area contributed by atoms with Crippen LogP contribution in [0.2, 0.25) is 0 Å². The van der Waals surface area contributed by atoms with Crippen LogP contribution >= 0.6 is 0 Å². The van der Waals surface area contributed by atoms with E-state index in [0.29, 0.717) is 11.3 Å². The third-order valence-electron chi connectivity index (χ3n) is 3.76. The number of nitrogens with one attached hydrogen (secondary N) is 1. The van der Waals surface area contributed by atoms with Gasteiger partial charge >= 0.3 is 0 Å². The maximum absolute atomic E-state index is 12.3. The number of benzene rings is 2. The summed E-state index contributed by atoms with van der Waals surface area (Å²) in [4.78, 5) is 16.6. The van der Waals surface area contributed by atoms with Crippen molar-refractivity contribution in [2.75, 3.05) is 0 Å². The highest BCUT2D eigenvalue weighted by atomic mass is 16.5. The Morgan fingerprint density at radius 2 is 1.91 bits per heavy atom. The van der Waals surface area contributed by atoms with Gasteiger partial charge in [-0.05, 0) is 31.2 Å². The van der Waals surface area contributed by atoms with Gasteiger partial charge in [-0.1, -0.05) is 36.4 Å². The zero-order chi connectivity index (χ0) is 16.3. The minimum Gasteiger partial charge on any atom is -0.473 e. The van der Waals surface area contributed by atoms with E-state index in [0.717, 1.165) is 10.9 Å². The zero-order valence-corrected chi connectivity index (χ0v) is 12.6. The van der Waals surface area contributed by atoms with Gasteiger partial charge < -0.3 is 4.74 Å². The van der Waals surface area contributed by atoms with Gasteiger partial charge in [0, 0.05) is 17.1 Å². The first-order chi connectivity index (χ1) is 11.1. The Kier molecular flexibility index (Phi) is 3.95. The third kappa shape index (κ3) is 2.86. The van der Waals surface area contributed by atoms with Crippen molar-refractivity contribution in [1.29, 1.82) is 0 Å². The number of hydrogen-bond donors (Lipinski definition) is 2. The van der Waals surface area contributed by atoms with Crippen molar-refractivity contribution in [2.45, 2.75) is 12.5 Å². The molecule has 1 atom stereocenters. The number of hydrogen-bond acceptors (Lipinski definition) is 4. The molecule has 0 aliphatic rings. The van der Waals surface area contributed by atoms with E-state index in [-0.39, 0.29) is 0 Å². The topological polar surface area (TPSA) is 71.5 Å². The van der Waals surface area contributed by atoms with Gasteiger partial charge in [0.05, 0.1) is 5.52 Å². The van der Waals surface area contributed by atoms with Crippen LogP contribution in [0.3, 0.4) is 0 Å². The van der Waals surface area contributed by atoms with Crippen LogP contribution in [-0.2, 0) is 10.4 Å². The summed E-state index contributed by atoms with van der Waals surface area (Å²) in [5, 5.41) is 10.1. The van der Waals surface area contributed by atoms with Gasteiger partial charge in [0.25, 0.3) is 5.91 Å². The van der Waals surface area contributed by atoms with Crippen molar-refractivity contribution in [3.63, 3.8) is 0 Å². The van der Waals surface area contributed by atoms with E-state index in [1.165, 1.54) is 0 Å². The Labute approximate surface area is 133 Å². The number of amides is 1. The predicted octanol–water partition coefficient (Wildman–Crippen LogP) is 3.03. The van der Waals surface area contributed by atoms with Crippen LogP contribution in [0, 0.1) is 0 Å². The molecule has 1 heterocycles. The van der Waals surface area contributed by atoms with Crippen LogP contribution in [0.1, 0.15) is 12.5 Å². The van der Waals surface area contributed by atoms with E-state index < -0.39 is 11.5 Å². The fourth-order valence-corrected chi connectivity index (χ4v) is 2.43. The molecule has 1 amide bonds. The van der Waals surface area contributed by atoms with Crippen LogP contribution < -0.4 is 10.2 Å². The summed E-state index contributed by atoms with van der Waals surface area (Å²) in [5.41, 5.74) is 1.65. The fraction of sp³-hybridized carbons (Fsp3) is 0.111. The molecule has 23 heavy (non-hydrogen) atoms. The van der Waals surface area contributed by atoms with Crippen LogP contribution in [0.5, 0.6) is 5.75 Å². The highest BCUT2D eigenvalue weighted by molar-refractivity contribution is 5.88. The second-order valence-corrected chi connectivity index (χ2v) is 5.30. The SMILES string of the molecule is CC(Oc1ccccc1)(C(=O)NO)c1ccc2cccnc2c1. The highest BCUT2D eigenvalue weighted by Crippen LogP contribution is 2.30. The molecule has 5 nitrogen and oxygen atoms in total. The minimum absolute atomic E-state index is 0.528. The smallest absolute Gasteiger partial charge is 0.291 e. The van der Waals surface area contributed by atoms with Gasteiger partial charge in [0.1, 0.15) is 5.75 Å². The lowest BCUT2D eigenvalue weighted by Gasteiger charge is -2.29. The number of carbonyl (C=O) groups excluding carboxylic acids is 1. The highest BCUT2D eigenvalue weighted by Gasteiger charge is 2.38. The third-order valence-corrected chi connectivity index (χ3v) is 3.76. The summed E-state index contributed by atoms with van der Waals surface area (Å²) >= 11 is 0. The van der Waals surface area contributed by atoms with Crippen LogP contribution in [0.25, 0.3) is 10.9 Å². The first-order valence-corrected chi connectivity index (χ1v) is 7.17. The van der Waals surface area contributed by atoms with Crippen LogP contribution in [0.4, 0.5) is 0 Å². The lowest BCUT2D eigenvalue weighted by molar-refractivity contribution is -0.145. The number of rotatable bonds is 4. The standard InChI is InChI=1S/C18H16N2O3/c1-18(17(21)20-22,23-15-7-3-2-4-8-15)14-10-9-13-6-5-11-19-16(13)12-14/h2-12,22H,1H3,(H,20,21). The molecule has 0 aliphatic heterocycles. The molecular weight excluding hydrogens is 292 g/mol. The second-order valence-electron chi connectivity index (χ2n) is 5.30. The molecule has 5 heteroatoms. The Balaban J connectivity index is 2.08. The molecule has 0 saturated heterocycles. The van der Waals surface area contributed by atoms with Gasteiger partial charge in [-0.2, -0.15) is 0 Å². The fourth-order valence-electron chi connectivity index (χ4n) is 2.43. The maximum Gasteiger partial charge on any atom is 0.291 e. The molecular formula is C18H16N2O3. The summed E-state index contributed by atoms with van der Waals surface area (Å²) < 4.78 is 5.89. The average Bonchev–Trinajstić information content (AvgIpc) is 2.61. The van der Waals surface area contributed by atoms with E-state index in [9.17, 15) is 4.79 Å². The Morgan fingerprint density at radius 3 is 2.65 bits per heavy atom. The van der Waals surface area contributed by atoms with Crippen molar-refractivity contribution in [2.24, 2.45) is 0 Å². The Morgan fingerprint density at radius 1 is 1.13 bits per heavy atom. The summed E-state index contributed by atoms with van der Waals surface area (Å²) in [6.07, 6.45) is 1.69. The molecule has 0 radical (unpaired) electrons. The molecule has 3 rings (SSSR count). The molecule has 1 unspecified atom stereocenters. The van der Waals surface area contributed by atoms with Crippen molar-refractivity contribution < 1.29 is 14.7 Å². The lowest BCUT2D eigenvalue weighted by Crippen LogP contribution is -2.45. The van der Waals surface area contributed by atoms with E-state index in [1.807, 2.05) is 36.4 Å². The summed E-state index contributed by atoms with van der Waals surface area (Å²) in [5.74, 6) is -0.128. The summed E-state index contributed by atoms with van der Waals surface area (Å²) in [7, 11) is 0. The number of ether oxygens (including phenoxy) is 1. The van der Waals surface area contributed by atoms with Gasteiger partial charge in [-0.25, -0.2) is 5.48 Å². The Hall–Kier alpha value is -2.92. The number of aromatic nitrogens is 1. The molecule has 2 N–H and O–H groups in total. The van der Waals surface area contributed by atoms with E-state index in [4.69, 9.17) is 9.94 Å². The van der Waals surface area contributed by atoms with E-state index in [1.54, 1.807) is 42.9 Å². The Bertz CT molecular complexity index is 836. The molecule has 0 spiro atoms. The first-order valence-electron chi connectivity index (χ1n) is 7.17. The van der Waals surface area contributed by atoms with Gasteiger partial charge in [0.15, 0.2) is 0 Å². The number of pyridine rings is 1. The molecule has 0 bridgehead atoms. The maximum atomic E-state index is 12.3. The predicted molar refractivity (Wildman–Crippen MR) is 86.1 cm³/mol. The van der Waals surface area contributed by atoms with Gasteiger partial charge in [-0.15, -0.1) is 0 Å². The molecule has 2 aromatic carbocycles. The lowest BCUT2D eigenvalue weighted by atomic mass is 9.93. The first kappa shape index (κ1) is 15.0. The largest absolute Gasteiger partial charge is 0.473 e. The van der Waals surface area contributed by atoms with Gasteiger partial charge in [-0.3, -0.25) is 15.0 Å². The number of hydroxylamine groups is 1. The molecule has 0 aliphatic carbocycles. The quantitative estimate of drug-likeness (QED) is 0.574. The molecule has 3 aromatic rings. The van der Waals surface area contributed by atoms with Crippen LogP contribution in [0.15, 0.2) is 66.9 Å². The zero-order valence-electron chi connectivity index (χ0n) is 12.6. The number of carbonyl (C=O) groups is 1. The van der Waals surface area contributed by atoms with Crippen LogP contribution in [-0.4, -0.2) is 16.1 Å². The van der Waals surface area contributed by atoms with E-state index >= 15 is 0 Å². The van der Waals surface area contributed by atoms with Crippen molar-refractivity contribution in [3.8, 4) is 5.75 Å². The molecule has 0 fully saturated rings. The summed E-state index contributed by atoms with van der Waals surface area (Å²) in [6.45, 7) is 1.61.